The van der Waals surface area contributed by atoms with Crippen LogP contribution in [0.3, 0.4) is 0 Å². The standard InChI is InChI=1S/C12H12O2.C7H7Br.C5H6O2.CH4/c13-11-6-7-12(14)10(11)8-9-4-2-1-3-5-9;8-6-7-4-2-1-3-5-7;6-4-1-2-5(7)3-4;/h1-5,13H,6-8H2;1-5H,6H2;1-3H2;1H4. The SMILES string of the molecule is BrCc1ccccc1.C.O=C1CCC(=O)C1.O=C1CCC(O)=C1Cc1ccccc1. The number of benzene rings is 2. The second-order valence-corrected chi connectivity index (χ2v) is 7.44. The van der Waals surface area contributed by atoms with E-state index in [4.69, 9.17) is 0 Å². The van der Waals surface area contributed by atoms with E-state index in [0.717, 1.165) is 10.9 Å². The number of rotatable bonds is 3. The average molecular weight is 473 g/mol. The summed E-state index contributed by atoms with van der Waals surface area (Å²) in [5.74, 6) is 0.570. The second-order valence-electron chi connectivity index (χ2n) is 6.88. The van der Waals surface area contributed by atoms with Gasteiger partial charge in [-0.3, -0.25) is 14.4 Å². The van der Waals surface area contributed by atoms with Crippen molar-refractivity contribution in [2.75, 3.05) is 0 Å². The molecule has 0 aromatic heterocycles. The van der Waals surface area contributed by atoms with Crippen LogP contribution in [0.1, 0.15) is 50.7 Å². The lowest BCUT2D eigenvalue weighted by atomic mass is 10.0. The first-order valence-electron chi connectivity index (χ1n) is 9.61. The number of allylic oxidation sites excluding steroid dienone is 2. The van der Waals surface area contributed by atoms with Crippen molar-refractivity contribution in [1.29, 1.82) is 0 Å². The Morgan fingerprint density at radius 3 is 1.57 bits per heavy atom. The third-order valence-electron chi connectivity index (χ3n) is 4.57. The van der Waals surface area contributed by atoms with Crippen molar-refractivity contribution in [3.63, 3.8) is 0 Å². The van der Waals surface area contributed by atoms with Crippen molar-refractivity contribution in [3.8, 4) is 0 Å². The minimum absolute atomic E-state index is 0. The van der Waals surface area contributed by atoms with Crippen LogP contribution in [0.5, 0.6) is 0 Å². The monoisotopic (exact) mass is 472 g/mol. The first-order valence-corrected chi connectivity index (χ1v) is 10.7. The van der Waals surface area contributed by atoms with Gasteiger partial charge in [0.15, 0.2) is 5.78 Å². The van der Waals surface area contributed by atoms with Gasteiger partial charge < -0.3 is 5.11 Å². The fourth-order valence-electron chi connectivity index (χ4n) is 2.94. The summed E-state index contributed by atoms with van der Waals surface area (Å²) < 4.78 is 0. The number of aliphatic hydroxyl groups is 1. The van der Waals surface area contributed by atoms with E-state index >= 15 is 0 Å². The molecule has 0 saturated heterocycles. The summed E-state index contributed by atoms with van der Waals surface area (Å²) in [6.45, 7) is 0. The van der Waals surface area contributed by atoms with Gasteiger partial charge in [0, 0.05) is 43.0 Å². The van der Waals surface area contributed by atoms with Crippen molar-refractivity contribution in [2.45, 2.75) is 51.3 Å². The lowest BCUT2D eigenvalue weighted by Gasteiger charge is -2.01. The average Bonchev–Trinajstić information content (AvgIpc) is 3.28. The molecule has 160 valence electrons. The fourth-order valence-corrected chi connectivity index (χ4v) is 3.31. The lowest BCUT2D eigenvalue weighted by molar-refractivity contribution is -0.121. The van der Waals surface area contributed by atoms with Crippen molar-refractivity contribution in [2.24, 2.45) is 0 Å². The quantitative estimate of drug-likeness (QED) is 0.443. The van der Waals surface area contributed by atoms with Crippen LogP contribution in [0, 0.1) is 0 Å². The summed E-state index contributed by atoms with van der Waals surface area (Å²) in [5.41, 5.74) is 2.99. The normalized spacial score (nSPS) is 15.0. The second kappa shape index (κ2) is 13.6. The smallest absolute Gasteiger partial charge is 0.162 e. The van der Waals surface area contributed by atoms with Gasteiger partial charge in [-0.2, -0.15) is 0 Å². The van der Waals surface area contributed by atoms with E-state index in [2.05, 4.69) is 28.1 Å². The lowest BCUT2D eigenvalue weighted by Crippen LogP contribution is -2.00. The molecule has 30 heavy (non-hydrogen) atoms. The summed E-state index contributed by atoms with van der Waals surface area (Å²) in [6, 6.07) is 20.0. The van der Waals surface area contributed by atoms with Gasteiger partial charge in [0.25, 0.3) is 0 Å². The first kappa shape index (κ1) is 25.5. The molecular weight excluding hydrogens is 444 g/mol. The van der Waals surface area contributed by atoms with Gasteiger partial charge >= 0.3 is 0 Å². The van der Waals surface area contributed by atoms with Gasteiger partial charge in [0.05, 0.1) is 12.2 Å². The highest BCUT2D eigenvalue weighted by molar-refractivity contribution is 9.08. The van der Waals surface area contributed by atoms with E-state index in [1.54, 1.807) is 0 Å². The predicted molar refractivity (Wildman–Crippen MR) is 124 cm³/mol. The fraction of sp³-hybridized carbons (Fsp3) is 0.320. The van der Waals surface area contributed by atoms with Crippen LogP contribution in [0.4, 0.5) is 0 Å². The van der Waals surface area contributed by atoms with Crippen LogP contribution in [-0.2, 0) is 26.1 Å². The zero-order chi connectivity index (χ0) is 21.1. The first-order chi connectivity index (χ1) is 14.0. The number of alkyl halides is 1. The Bertz CT molecular complexity index is 843. The molecule has 5 heteroatoms. The maximum Gasteiger partial charge on any atom is 0.162 e. The number of hydrogen-bond donors (Lipinski definition) is 1. The van der Waals surface area contributed by atoms with E-state index in [1.165, 1.54) is 5.56 Å². The summed E-state index contributed by atoms with van der Waals surface area (Å²) >= 11 is 3.36. The highest BCUT2D eigenvalue weighted by Crippen LogP contribution is 2.23. The van der Waals surface area contributed by atoms with Crippen molar-refractivity contribution in [1.82, 2.24) is 0 Å². The topological polar surface area (TPSA) is 71.4 Å². The maximum atomic E-state index is 11.4. The molecule has 0 aliphatic heterocycles. The molecule has 2 aromatic rings. The van der Waals surface area contributed by atoms with Crippen molar-refractivity contribution < 1.29 is 19.5 Å². The van der Waals surface area contributed by atoms with Gasteiger partial charge in [-0.15, -0.1) is 0 Å². The zero-order valence-corrected chi connectivity index (χ0v) is 17.9. The number of ketones is 3. The minimum atomic E-state index is 0. The molecule has 4 nitrogen and oxygen atoms in total. The summed E-state index contributed by atoms with van der Waals surface area (Å²) in [7, 11) is 0. The van der Waals surface area contributed by atoms with Crippen LogP contribution in [0.2, 0.25) is 0 Å². The molecular formula is C25H29BrO4. The Balaban J connectivity index is 0.000000241. The zero-order valence-electron chi connectivity index (χ0n) is 16.3. The van der Waals surface area contributed by atoms with E-state index in [9.17, 15) is 19.5 Å². The van der Waals surface area contributed by atoms with Gasteiger partial charge in [0.2, 0.25) is 0 Å². The molecule has 0 radical (unpaired) electrons. The molecule has 0 amide bonds. The number of aliphatic hydroxyl groups excluding tert-OH is 1. The van der Waals surface area contributed by atoms with Gasteiger partial charge in [-0.25, -0.2) is 0 Å². The molecule has 0 unspecified atom stereocenters. The van der Waals surface area contributed by atoms with E-state index < -0.39 is 0 Å². The van der Waals surface area contributed by atoms with Gasteiger partial charge in [-0.05, 0) is 11.1 Å². The van der Waals surface area contributed by atoms with E-state index in [1.807, 2.05) is 48.5 Å². The Morgan fingerprint density at radius 1 is 0.733 bits per heavy atom. The number of carbonyl (C=O) groups is 3. The van der Waals surface area contributed by atoms with E-state index in [-0.39, 0.29) is 37.0 Å². The van der Waals surface area contributed by atoms with E-state index in [0.29, 0.717) is 37.7 Å². The van der Waals surface area contributed by atoms with Crippen molar-refractivity contribution >= 4 is 33.3 Å². The maximum absolute atomic E-state index is 11.4. The number of halogens is 1. The predicted octanol–water partition coefficient (Wildman–Crippen LogP) is 5.93. The molecule has 1 saturated carbocycles. The third-order valence-corrected chi connectivity index (χ3v) is 5.22. The molecule has 2 aliphatic rings. The summed E-state index contributed by atoms with van der Waals surface area (Å²) in [5, 5.41) is 10.4. The molecule has 0 spiro atoms. The minimum Gasteiger partial charge on any atom is -0.512 e. The van der Waals surface area contributed by atoms with Crippen LogP contribution in [0.15, 0.2) is 72.0 Å². The molecule has 1 N–H and O–H groups in total. The number of carbonyl (C=O) groups excluding carboxylic acids is 3. The molecule has 2 aromatic carbocycles. The summed E-state index contributed by atoms with van der Waals surface area (Å²) in [4.78, 5) is 31.8. The highest BCUT2D eigenvalue weighted by atomic mass is 79.9. The molecule has 0 atom stereocenters. The third kappa shape index (κ3) is 8.87. The van der Waals surface area contributed by atoms with Gasteiger partial charge in [0.1, 0.15) is 11.6 Å². The van der Waals surface area contributed by atoms with Crippen LogP contribution in [0.25, 0.3) is 0 Å². The van der Waals surface area contributed by atoms with Gasteiger partial charge in [-0.1, -0.05) is 84.0 Å². The molecule has 1 fully saturated rings. The number of Topliss-reactive ketones (excluding diaryl/α,β-unsaturated/α-hetero) is 3. The number of hydrogen-bond acceptors (Lipinski definition) is 4. The van der Waals surface area contributed by atoms with Crippen LogP contribution < -0.4 is 0 Å². The Hall–Kier alpha value is -2.53. The summed E-state index contributed by atoms with van der Waals surface area (Å²) in [6.07, 6.45) is 2.71. The van der Waals surface area contributed by atoms with Crippen LogP contribution >= 0.6 is 15.9 Å². The highest BCUT2D eigenvalue weighted by Gasteiger charge is 2.22. The Morgan fingerprint density at radius 2 is 1.23 bits per heavy atom. The largest absolute Gasteiger partial charge is 0.512 e. The molecule has 0 heterocycles. The molecule has 0 bridgehead atoms. The molecule has 2 aliphatic carbocycles. The van der Waals surface area contributed by atoms with Crippen molar-refractivity contribution in [3.05, 3.63) is 83.1 Å². The molecule has 4 rings (SSSR count). The Labute approximate surface area is 187 Å². The van der Waals surface area contributed by atoms with Crippen LogP contribution in [-0.4, -0.2) is 22.5 Å². The Kier molecular flexibility index (Phi) is 11.6.